The SMILES string of the molecule is Oc1nccc(-c2ccc(Cn3ccnc3)cc2)c1F. The molecule has 1 N–H and O–H groups in total. The van der Waals surface area contributed by atoms with Crippen molar-refractivity contribution >= 4 is 0 Å². The van der Waals surface area contributed by atoms with Gasteiger partial charge in [0.15, 0.2) is 5.82 Å². The Balaban J connectivity index is 1.87. The van der Waals surface area contributed by atoms with Gasteiger partial charge in [-0.25, -0.2) is 14.4 Å². The fourth-order valence-electron chi connectivity index (χ4n) is 2.04. The van der Waals surface area contributed by atoms with Crippen LogP contribution in [0.5, 0.6) is 5.88 Å². The summed E-state index contributed by atoms with van der Waals surface area (Å²) in [4.78, 5) is 7.49. The second kappa shape index (κ2) is 5.13. The van der Waals surface area contributed by atoms with Crippen LogP contribution in [-0.4, -0.2) is 19.6 Å². The van der Waals surface area contributed by atoms with E-state index in [1.165, 1.54) is 6.20 Å². The number of imidazole rings is 1. The Morgan fingerprint density at radius 1 is 1.10 bits per heavy atom. The molecule has 2 heterocycles. The van der Waals surface area contributed by atoms with Gasteiger partial charge in [0.1, 0.15) is 0 Å². The zero-order valence-electron chi connectivity index (χ0n) is 10.6. The summed E-state index contributed by atoms with van der Waals surface area (Å²) in [6, 6.07) is 9.03. The van der Waals surface area contributed by atoms with E-state index in [0.717, 1.165) is 5.56 Å². The third-order valence-electron chi connectivity index (χ3n) is 3.06. The number of halogens is 1. The lowest BCUT2D eigenvalue weighted by atomic mass is 10.0. The summed E-state index contributed by atoms with van der Waals surface area (Å²) in [6.07, 6.45) is 6.74. The van der Waals surface area contributed by atoms with Crippen molar-refractivity contribution in [3.8, 4) is 17.0 Å². The second-order valence-corrected chi connectivity index (χ2v) is 4.43. The zero-order valence-corrected chi connectivity index (χ0v) is 10.6. The van der Waals surface area contributed by atoms with Crippen LogP contribution >= 0.6 is 0 Å². The molecular weight excluding hydrogens is 257 g/mol. The smallest absolute Gasteiger partial charge is 0.248 e. The molecule has 4 nitrogen and oxygen atoms in total. The van der Waals surface area contributed by atoms with Crippen molar-refractivity contribution in [3.63, 3.8) is 0 Å². The van der Waals surface area contributed by atoms with E-state index < -0.39 is 11.7 Å². The van der Waals surface area contributed by atoms with Crippen LogP contribution in [-0.2, 0) is 6.54 Å². The molecule has 0 aliphatic rings. The fourth-order valence-corrected chi connectivity index (χ4v) is 2.04. The number of nitrogens with zero attached hydrogens (tertiary/aromatic N) is 3. The Morgan fingerprint density at radius 3 is 2.60 bits per heavy atom. The van der Waals surface area contributed by atoms with E-state index in [1.54, 1.807) is 18.6 Å². The van der Waals surface area contributed by atoms with E-state index in [0.29, 0.717) is 17.7 Å². The maximum absolute atomic E-state index is 13.8. The molecule has 3 aromatic rings. The van der Waals surface area contributed by atoms with E-state index in [4.69, 9.17) is 0 Å². The average molecular weight is 269 g/mol. The summed E-state index contributed by atoms with van der Waals surface area (Å²) in [5.41, 5.74) is 2.13. The van der Waals surface area contributed by atoms with Crippen LogP contribution in [0.2, 0.25) is 0 Å². The van der Waals surface area contributed by atoms with Gasteiger partial charge in [-0.1, -0.05) is 24.3 Å². The molecular formula is C15H12FN3O. The lowest BCUT2D eigenvalue weighted by molar-refractivity contribution is 0.412. The maximum Gasteiger partial charge on any atom is 0.248 e. The monoisotopic (exact) mass is 269 g/mol. The van der Waals surface area contributed by atoms with E-state index >= 15 is 0 Å². The minimum Gasteiger partial charge on any atom is -0.491 e. The lowest BCUT2D eigenvalue weighted by Crippen LogP contribution is -1.96. The molecule has 2 aromatic heterocycles. The Labute approximate surface area is 115 Å². The van der Waals surface area contributed by atoms with Gasteiger partial charge in [0.25, 0.3) is 0 Å². The van der Waals surface area contributed by atoms with Crippen molar-refractivity contribution in [3.05, 3.63) is 66.6 Å². The summed E-state index contributed by atoms with van der Waals surface area (Å²) in [5, 5.41) is 9.29. The van der Waals surface area contributed by atoms with E-state index in [-0.39, 0.29) is 0 Å². The van der Waals surface area contributed by atoms with Crippen molar-refractivity contribution < 1.29 is 9.50 Å². The van der Waals surface area contributed by atoms with E-state index in [1.807, 2.05) is 35.0 Å². The molecule has 100 valence electrons. The van der Waals surface area contributed by atoms with Crippen LogP contribution in [0.15, 0.2) is 55.2 Å². The number of aromatic hydroxyl groups is 1. The second-order valence-electron chi connectivity index (χ2n) is 4.43. The van der Waals surface area contributed by atoms with Crippen molar-refractivity contribution in [2.45, 2.75) is 6.54 Å². The summed E-state index contributed by atoms with van der Waals surface area (Å²) >= 11 is 0. The number of pyridine rings is 1. The van der Waals surface area contributed by atoms with Crippen LogP contribution in [0.1, 0.15) is 5.56 Å². The Bertz CT molecular complexity index is 708. The molecule has 0 amide bonds. The first-order chi connectivity index (χ1) is 9.74. The largest absolute Gasteiger partial charge is 0.491 e. The molecule has 0 bridgehead atoms. The predicted octanol–water partition coefficient (Wildman–Crippen LogP) is 2.84. The number of benzene rings is 1. The molecule has 5 heteroatoms. The Hall–Kier alpha value is -2.69. The first kappa shape index (κ1) is 12.3. The molecule has 0 aliphatic heterocycles. The van der Waals surface area contributed by atoms with Crippen molar-refractivity contribution in [2.24, 2.45) is 0 Å². The topological polar surface area (TPSA) is 50.9 Å². The van der Waals surface area contributed by atoms with Crippen LogP contribution in [0.3, 0.4) is 0 Å². The van der Waals surface area contributed by atoms with Gasteiger partial charge in [-0.15, -0.1) is 0 Å². The van der Waals surface area contributed by atoms with Crippen molar-refractivity contribution in [1.82, 2.24) is 14.5 Å². The number of aromatic nitrogens is 3. The molecule has 0 radical (unpaired) electrons. The third kappa shape index (κ3) is 2.38. The summed E-state index contributed by atoms with van der Waals surface area (Å²) in [7, 11) is 0. The quantitative estimate of drug-likeness (QED) is 0.795. The number of hydrogen-bond acceptors (Lipinski definition) is 3. The van der Waals surface area contributed by atoms with Gasteiger partial charge in [-0.2, -0.15) is 0 Å². The Morgan fingerprint density at radius 2 is 1.90 bits per heavy atom. The number of hydrogen-bond donors (Lipinski definition) is 1. The molecule has 0 aliphatic carbocycles. The first-order valence-electron chi connectivity index (χ1n) is 6.12. The highest BCUT2D eigenvalue weighted by Crippen LogP contribution is 2.26. The average Bonchev–Trinajstić information content (AvgIpc) is 2.96. The maximum atomic E-state index is 13.8. The molecule has 0 fully saturated rings. The van der Waals surface area contributed by atoms with Crippen LogP contribution in [0, 0.1) is 5.82 Å². The van der Waals surface area contributed by atoms with Crippen LogP contribution in [0.4, 0.5) is 4.39 Å². The highest BCUT2D eigenvalue weighted by molar-refractivity contribution is 5.65. The van der Waals surface area contributed by atoms with Gasteiger partial charge in [0, 0.05) is 30.7 Å². The minimum absolute atomic E-state index is 0.340. The van der Waals surface area contributed by atoms with Gasteiger partial charge in [0.05, 0.1) is 6.33 Å². The molecule has 0 atom stereocenters. The molecule has 3 rings (SSSR count). The predicted molar refractivity (Wildman–Crippen MR) is 72.6 cm³/mol. The first-order valence-corrected chi connectivity index (χ1v) is 6.12. The zero-order chi connectivity index (χ0) is 13.9. The van der Waals surface area contributed by atoms with E-state index in [2.05, 4.69) is 9.97 Å². The molecule has 0 saturated carbocycles. The minimum atomic E-state index is -0.699. The summed E-state index contributed by atoms with van der Waals surface area (Å²) in [6.45, 7) is 0.713. The molecule has 1 aromatic carbocycles. The normalized spacial score (nSPS) is 10.7. The molecule has 20 heavy (non-hydrogen) atoms. The van der Waals surface area contributed by atoms with E-state index in [9.17, 15) is 9.50 Å². The highest BCUT2D eigenvalue weighted by atomic mass is 19.1. The van der Waals surface area contributed by atoms with Crippen molar-refractivity contribution in [1.29, 1.82) is 0 Å². The van der Waals surface area contributed by atoms with Crippen LogP contribution in [0.25, 0.3) is 11.1 Å². The summed E-state index contributed by atoms with van der Waals surface area (Å²) in [5.74, 6) is -1.28. The lowest BCUT2D eigenvalue weighted by Gasteiger charge is -2.06. The van der Waals surface area contributed by atoms with Gasteiger partial charge >= 0.3 is 0 Å². The van der Waals surface area contributed by atoms with Crippen LogP contribution < -0.4 is 0 Å². The molecule has 0 spiro atoms. The van der Waals surface area contributed by atoms with Crippen molar-refractivity contribution in [2.75, 3.05) is 0 Å². The summed E-state index contributed by atoms with van der Waals surface area (Å²) < 4.78 is 15.7. The van der Waals surface area contributed by atoms with Gasteiger partial charge in [0.2, 0.25) is 5.88 Å². The van der Waals surface area contributed by atoms with Gasteiger partial charge in [-0.05, 0) is 17.2 Å². The third-order valence-corrected chi connectivity index (χ3v) is 3.06. The molecule has 0 unspecified atom stereocenters. The Kier molecular flexibility index (Phi) is 3.16. The highest BCUT2D eigenvalue weighted by Gasteiger charge is 2.10. The number of rotatable bonds is 3. The van der Waals surface area contributed by atoms with Gasteiger partial charge < -0.3 is 9.67 Å². The fraction of sp³-hybridized carbons (Fsp3) is 0.0667. The molecule has 0 saturated heterocycles. The standard InChI is InChI=1S/C15H12FN3O/c16-14-13(5-6-18-15(14)20)12-3-1-11(2-4-12)9-19-8-7-17-10-19/h1-8,10H,9H2,(H,18,20). The van der Waals surface area contributed by atoms with Gasteiger partial charge in [-0.3, -0.25) is 0 Å².